The summed E-state index contributed by atoms with van der Waals surface area (Å²) in [5.41, 5.74) is 1.10. The molecule has 2 aromatic rings. The molecule has 1 atom stereocenters. The van der Waals surface area contributed by atoms with Crippen molar-refractivity contribution in [2.75, 3.05) is 26.4 Å². The van der Waals surface area contributed by atoms with E-state index in [0.717, 1.165) is 5.56 Å². The Hall–Kier alpha value is -2.37. The van der Waals surface area contributed by atoms with E-state index in [1.54, 1.807) is 17.0 Å². The van der Waals surface area contributed by atoms with Crippen LogP contribution in [0.15, 0.2) is 60.7 Å². The number of amides is 1. The van der Waals surface area contributed by atoms with Crippen LogP contribution in [-0.2, 0) is 16.1 Å². The quantitative estimate of drug-likeness (QED) is 0.847. The number of hydrogen-bond acceptors (Lipinski definition) is 4. The van der Waals surface area contributed by atoms with Gasteiger partial charge in [0.1, 0.15) is 5.75 Å². The summed E-state index contributed by atoms with van der Waals surface area (Å²) in [4.78, 5) is 14.1. The topological polar surface area (TPSA) is 48.0 Å². The smallest absolute Gasteiger partial charge is 0.410 e. The molecular formula is C19H21NO4. The van der Waals surface area contributed by atoms with Crippen LogP contribution in [0.3, 0.4) is 0 Å². The van der Waals surface area contributed by atoms with Gasteiger partial charge in [-0.25, -0.2) is 4.79 Å². The first-order valence-electron chi connectivity index (χ1n) is 8.06. The Kier molecular flexibility index (Phi) is 5.82. The van der Waals surface area contributed by atoms with Crippen molar-refractivity contribution in [3.8, 4) is 5.75 Å². The minimum Gasteiger partial charge on any atom is -0.410 e. The SMILES string of the molecule is O=C(Oc1ccccc1)N1CCOCC1COCc1ccccc1. The molecule has 0 radical (unpaired) electrons. The summed E-state index contributed by atoms with van der Waals surface area (Å²) in [7, 11) is 0. The molecule has 1 unspecified atom stereocenters. The highest BCUT2D eigenvalue weighted by atomic mass is 16.6. The highest BCUT2D eigenvalue weighted by molar-refractivity contribution is 5.71. The molecule has 1 amide bonds. The van der Waals surface area contributed by atoms with Crippen LogP contribution in [0.25, 0.3) is 0 Å². The third kappa shape index (κ3) is 4.57. The molecule has 1 heterocycles. The van der Waals surface area contributed by atoms with Crippen LogP contribution in [0, 0.1) is 0 Å². The van der Waals surface area contributed by atoms with E-state index >= 15 is 0 Å². The predicted octanol–water partition coefficient (Wildman–Crippen LogP) is 3.10. The summed E-state index contributed by atoms with van der Waals surface area (Å²) in [5, 5.41) is 0. The van der Waals surface area contributed by atoms with Gasteiger partial charge in [-0.2, -0.15) is 0 Å². The van der Waals surface area contributed by atoms with E-state index in [9.17, 15) is 4.79 Å². The average Bonchev–Trinajstić information content (AvgIpc) is 2.64. The number of morpholine rings is 1. The van der Waals surface area contributed by atoms with Gasteiger partial charge in [0.05, 0.1) is 32.5 Å². The van der Waals surface area contributed by atoms with Crippen LogP contribution >= 0.6 is 0 Å². The van der Waals surface area contributed by atoms with Gasteiger partial charge in [-0.05, 0) is 17.7 Å². The third-order valence-corrected chi connectivity index (χ3v) is 3.83. The molecule has 24 heavy (non-hydrogen) atoms. The Morgan fingerprint density at radius 1 is 1.08 bits per heavy atom. The summed E-state index contributed by atoms with van der Waals surface area (Å²) >= 11 is 0. The maximum Gasteiger partial charge on any atom is 0.415 e. The molecule has 3 rings (SSSR count). The van der Waals surface area contributed by atoms with Gasteiger partial charge in [0.2, 0.25) is 0 Å². The van der Waals surface area contributed by atoms with Gasteiger partial charge < -0.3 is 14.2 Å². The van der Waals surface area contributed by atoms with Gasteiger partial charge in [-0.1, -0.05) is 48.5 Å². The van der Waals surface area contributed by atoms with Crippen molar-refractivity contribution in [2.24, 2.45) is 0 Å². The summed E-state index contributed by atoms with van der Waals surface area (Å²) in [5.74, 6) is 0.540. The van der Waals surface area contributed by atoms with E-state index in [0.29, 0.717) is 38.7 Å². The van der Waals surface area contributed by atoms with Crippen LogP contribution in [0.5, 0.6) is 5.75 Å². The van der Waals surface area contributed by atoms with Crippen molar-refractivity contribution in [1.82, 2.24) is 4.90 Å². The normalized spacial score (nSPS) is 17.5. The largest absolute Gasteiger partial charge is 0.415 e. The summed E-state index contributed by atoms with van der Waals surface area (Å²) in [6, 6.07) is 18.9. The Balaban J connectivity index is 1.53. The number of carbonyl (C=O) groups excluding carboxylic acids is 1. The molecule has 0 bridgehead atoms. The maximum atomic E-state index is 12.4. The summed E-state index contributed by atoms with van der Waals surface area (Å²) in [6.45, 7) is 2.40. The molecular weight excluding hydrogens is 306 g/mol. The van der Waals surface area contributed by atoms with Crippen molar-refractivity contribution in [3.63, 3.8) is 0 Å². The minimum absolute atomic E-state index is 0.140. The first-order valence-corrected chi connectivity index (χ1v) is 8.06. The standard InChI is InChI=1S/C19H21NO4/c21-19(24-18-9-5-2-6-10-18)20-11-12-22-14-17(20)15-23-13-16-7-3-1-4-8-16/h1-10,17H,11-15H2. The lowest BCUT2D eigenvalue weighted by atomic mass is 10.2. The van der Waals surface area contributed by atoms with E-state index < -0.39 is 0 Å². The van der Waals surface area contributed by atoms with E-state index in [1.807, 2.05) is 48.5 Å². The zero-order valence-corrected chi connectivity index (χ0v) is 13.5. The second-order valence-electron chi connectivity index (χ2n) is 5.60. The fourth-order valence-electron chi connectivity index (χ4n) is 2.57. The first-order chi connectivity index (χ1) is 11.8. The van der Waals surface area contributed by atoms with Crippen LogP contribution in [0.2, 0.25) is 0 Å². The zero-order valence-electron chi connectivity index (χ0n) is 13.5. The number of hydrogen-bond donors (Lipinski definition) is 0. The number of para-hydroxylation sites is 1. The van der Waals surface area contributed by atoms with Crippen molar-refractivity contribution in [1.29, 1.82) is 0 Å². The summed E-state index contributed by atoms with van der Waals surface area (Å²) in [6.07, 6.45) is -0.363. The number of nitrogens with zero attached hydrogens (tertiary/aromatic N) is 1. The highest BCUT2D eigenvalue weighted by Crippen LogP contribution is 2.14. The Morgan fingerprint density at radius 3 is 2.54 bits per heavy atom. The lowest BCUT2D eigenvalue weighted by Crippen LogP contribution is -2.51. The second kappa shape index (κ2) is 8.47. The molecule has 0 spiro atoms. The first kappa shape index (κ1) is 16.5. The van der Waals surface area contributed by atoms with E-state index in [-0.39, 0.29) is 12.1 Å². The van der Waals surface area contributed by atoms with Crippen LogP contribution in [-0.4, -0.2) is 43.4 Å². The molecule has 0 saturated carbocycles. The number of carbonyl (C=O) groups is 1. The number of rotatable bonds is 5. The zero-order chi connectivity index (χ0) is 16.6. The minimum atomic E-state index is -0.363. The molecule has 126 valence electrons. The van der Waals surface area contributed by atoms with Gasteiger partial charge in [-0.3, -0.25) is 4.90 Å². The van der Waals surface area contributed by atoms with E-state index in [1.165, 1.54) is 0 Å². The van der Waals surface area contributed by atoms with Crippen molar-refractivity contribution < 1.29 is 19.0 Å². The van der Waals surface area contributed by atoms with Crippen LogP contribution in [0.4, 0.5) is 4.79 Å². The lowest BCUT2D eigenvalue weighted by molar-refractivity contribution is -0.0353. The van der Waals surface area contributed by atoms with Crippen molar-refractivity contribution >= 4 is 6.09 Å². The van der Waals surface area contributed by atoms with Gasteiger partial charge >= 0.3 is 6.09 Å². The fraction of sp³-hybridized carbons (Fsp3) is 0.316. The molecule has 0 aromatic heterocycles. The molecule has 1 fully saturated rings. The molecule has 5 heteroatoms. The van der Waals surface area contributed by atoms with Gasteiger partial charge in [0, 0.05) is 6.54 Å². The molecule has 1 aliphatic heterocycles. The molecule has 0 N–H and O–H groups in total. The molecule has 1 saturated heterocycles. The Bertz CT molecular complexity index is 632. The Morgan fingerprint density at radius 2 is 1.79 bits per heavy atom. The monoisotopic (exact) mass is 327 g/mol. The Labute approximate surface area is 141 Å². The highest BCUT2D eigenvalue weighted by Gasteiger charge is 2.29. The lowest BCUT2D eigenvalue weighted by Gasteiger charge is -2.34. The number of benzene rings is 2. The third-order valence-electron chi connectivity index (χ3n) is 3.83. The van der Waals surface area contributed by atoms with Crippen molar-refractivity contribution in [2.45, 2.75) is 12.6 Å². The van der Waals surface area contributed by atoms with Gasteiger partial charge in [0.15, 0.2) is 0 Å². The van der Waals surface area contributed by atoms with Crippen LogP contribution < -0.4 is 4.74 Å². The predicted molar refractivity (Wildman–Crippen MR) is 89.9 cm³/mol. The summed E-state index contributed by atoms with van der Waals surface area (Å²) < 4.78 is 16.7. The molecule has 2 aromatic carbocycles. The van der Waals surface area contributed by atoms with Crippen LogP contribution in [0.1, 0.15) is 5.56 Å². The molecule has 1 aliphatic rings. The number of ether oxygens (including phenoxy) is 3. The van der Waals surface area contributed by atoms with E-state index in [4.69, 9.17) is 14.2 Å². The molecule has 0 aliphatic carbocycles. The second-order valence-corrected chi connectivity index (χ2v) is 5.60. The maximum absolute atomic E-state index is 12.4. The van der Waals surface area contributed by atoms with Gasteiger partial charge in [0.25, 0.3) is 0 Å². The average molecular weight is 327 g/mol. The fourth-order valence-corrected chi connectivity index (χ4v) is 2.57. The van der Waals surface area contributed by atoms with Gasteiger partial charge in [-0.15, -0.1) is 0 Å². The van der Waals surface area contributed by atoms with E-state index in [2.05, 4.69) is 0 Å². The van der Waals surface area contributed by atoms with Crippen molar-refractivity contribution in [3.05, 3.63) is 66.2 Å². The molecule has 5 nitrogen and oxygen atoms in total.